The zero-order valence-corrected chi connectivity index (χ0v) is 14.8. The van der Waals surface area contributed by atoms with Gasteiger partial charge >= 0.3 is 5.97 Å². The number of hydrogen-bond donors (Lipinski definition) is 1. The number of fused-ring (bicyclic) bond motifs is 1. The van der Waals surface area contributed by atoms with Crippen molar-refractivity contribution in [2.24, 2.45) is 0 Å². The Balaban J connectivity index is 1.40. The number of amides is 1. The summed E-state index contributed by atoms with van der Waals surface area (Å²) in [6.07, 6.45) is 2.31. The topological polar surface area (TPSA) is 89.8 Å². The van der Waals surface area contributed by atoms with Crippen LogP contribution in [-0.2, 0) is 16.1 Å². The van der Waals surface area contributed by atoms with Gasteiger partial charge in [0.25, 0.3) is 11.5 Å². The van der Waals surface area contributed by atoms with E-state index in [9.17, 15) is 14.4 Å². The minimum Gasteiger partial charge on any atom is -0.459 e. The smallest absolute Gasteiger partial charge is 0.306 e. The summed E-state index contributed by atoms with van der Waals surface area (Å²) in [5.41, 5.74) is 0.842. The third kappa shape index (κ3) is 4.52. The second-order valence-electron chi connectivity index (χ2n) is 5.17. The van der Waals surface area contributed by atoms with Crippen molar-refractivity contribution in [2.45, 2.75) is 19.4 Å². The van der Waals surface area contributed by atoms with Crippen molar-refractivity contribution in [2.75, 3.05) is 6.54 Å². The lowest BCUT2D eigenvalue weighted by Gasteiger charge is -2.05. The van der Waals surface area contributed by atoms with Crippen LogP contribution in [0.1, 0.15) is 28.9 Å². The Kier molecular flexibility index (Phi) is 5.56. The molecule has 130 valence electrons. The van der Waals surface area contributed by atoms with E-state index in [-0.39, 0.29) is 24.5 Å². The van der Waals surface area contributed by atoms with E-state index in [1.165, 1.54) is 33.1 Å². The van der Waals surface area contributed by atoms with Crippen LogP contribution in [0.25, 0.3) is 4.96 Å². The number of ether oxygens (including phenoxy) is 1. The van der Waals surface area contributed by atoms with Gasteiger partial charge in [-0.3, -0.25) is 18.8 Å². The van der Waals surface area contributed by atoms with Crippen molar-refractivity contribution in [1.29, 1.82) is 0 Å². The van der Waals surface area contributed by atoms with E-state index < -0.39 is 5.97 Å². The van der Waals surface area contributed by atoms with Crippen LogP contribution < -0.4 is 10.9 Å². The molecule has 7 nitrogen and oxygen atoms in total. The lowest BCUT2D eigenvalue weighted by molar-refractivity contribution is -0.145. The van der Waals surface area contributed by atoms with Crippen molar-refractivity contribution in [1.82, 2.24) is 14.7 Å². The molecule has 0 aromatic carbocycles. The molecule has 0 atom stereocenters. The number of carbonyl (C=O) groups is 2. The SMILES string of the molecule is O=C(CCCNC(=O)c1ccsc1)OCc1cc(=O)n2ccsc2n1. The van der Waals surface area contributed by atoms with Gasteiger partial charge < -0.3 is 10.1 Å². The average molecular weight is 377 g/mol. The highest BCUT2D eigenvalue weighted by atomic mass is 32.1. The van der Waals surface area contributed by atoms with Gasteiger partial charge in [-0.25, -0.2) is 4.98 Å². The van der Waals surface area contributed by atoms with Gasteiger partial charge in [0, 0.05) is 41.6 Å². The van der Waals surface area contributed by atoms with Crippen molar-refractivity contribution < 1.29 is 14.3 Å². The number of rotatable bonds is 7. The van der Waals surface area contributed by atoms with Gasteiger partial charge in [-0.1, -0.05) is 0 Å². The van der Waals surface area contributed by atoms with Gasteiger partial charge in [-0.2, -0.15) is 11.3 Å². The molecule has 0 unspecified atom stereocenters. The van der Waals surface area contributed by atoms with Crippen LogP contribution in [0.4, 0.5) is 0 Å². The molecule has 9 heteroatoms. The van der Waals surface area contributed by atoms with E-state index in [0.717, 1.165) is 0 Å². The Hall–Kier alpha value is -2.52. The van der Waals surface area contributed by atoms with Gasteiger partial charge in [-0.15, -0.1) is 11.3 Å². The Bertz CT molecular complexity index is 930. The molecular weight excluding hydrogens is 362 g/mol. The highest BCUT2D eigenvalue weighted by Gasteiger charge is 2.08. The Morgan fingerprint density at radius 2 is 2.20 bits per heavy atom. The first-order valence-electron chi connectivity index (χ1n) is 7.55. The third-order valence-corrected chi connectivity index (χ3v) is 4.80. The molecular formula is C16H15N3O4S2. The summed E-state index contributed by atoms with van der Waals surface area (Å²) < 4.78 is 6.57. The molecule has 0 fully saturated rings. The molecule has 0 aliphatic rings. The molecule has 1 N–H and O–H groups in total. The maximum atomic E-state index is 11.8. The molecule has 0 bridgehead atoms. The van der Waals surface area contributed by atoms with Gasteiger partial charge in [0.15, 0.2) is 4.96 Å². The highest BCUT2D eigenvalue weighted by molar-refractivity contribution is 7.15. The average Bonchev–Trinajstić information content (AvgIpc) is 3.28. The Morgan fingerprint density at radius 3 is 3.00 bits per heavy atom. The molecule has 0 spiro atoms. The first-order chi connectivity index (χ1) is 12.1. The fourth-order valence-electron chi connectivity index (χ4n) is 2.12. The lowest BCUT2D eigenvalue weighted by atomic mass is 10.3. The fourth-order valence-corrected chi connectivity index (χ4v) is 3.49. The van der Waals surface area contributed by atoms with Gasteiger partial charge in [0.05, 0.1) is 5.69 Å². The number of nitrogens with zero attached hydrogens (tertiary/aromatic N) is 2. The highest BCUT2D eigenvalue weighted by Crippen LogP contribution is 2.08. The molecule has 1 amide bonds. The first kappa shape index (κ1) is 17.3. The van der Waals surface area contributed by atoms with Gasteiger partial charge in [0.1, 0.15) is 6.61 Å². The lowest BCUT2D eigenvalue weighted by Crippen LogP contribution is -2.24. The molecule has 25 heavy (non-hydrogen) atoms. The second-order valence-corrected chi connectivity index (χ2v) is 6.83. The number of thiazole rings is 1. The normalized spacial score (nSPS) is 10.7. The quantitative estimate of drug-likeness (QED) is 0.503. The summed E-state index contributed by atoms with van der Waals surface area (Å²) in [7, 11) is 0. The van der Waals surface area contributed by atoms with Crippen molar-refractivity contribution in [3.63, 3.8) is 0 Å². The minimum atomic E-state index is -0.391. The van der Waals surface area contributed by atoms with E-state index in [1.807, 2.05) is 5.38 Å². The monoisotopic (exact) mass is 377 g/mol. The number of hydrogen-bond acceptors (Lipinski definition) is 7. The predicted octanol–water partition coefficient (Wildman–Crippen LogP) is 2.07. The van der Waals surface area contributed by atoms with E-state index >= 15 is 0 Å². The van der Waals surface area contributed by atoms with Crippen LogP contribution >= 0.6 is 22.7 Å². The first-order valence-corrected chi connectivity index (χ1v) is 9.37. The number of esters is 1. The fraction of sp³-hybridized carbons (Fsp3) is 0.250. The zero-order valence-electron chi connectivity index (χ0n) is 13.1. The molecule has 0 aliphatic carbocycles. The van der Waals surface area contributed by atoms with E-state index in [4.69, 9.17) is 4.74 Å². The largest absolute Gasteiger partial charge is 0.459 e. The summed E-state index contributed by atoms with van der Waals surface area (Å²) in [6.45, 7) is 0.355. The summed E-state index contributed by atoms with van der Waals surface area (Å²) in [5, 5.41) is 8.11. The maximum Gasteiger partial charge on any atom is 0.306 e. The second kappa shape index (κ2) is 8.04. The summed E-state index contributed by atoms with van der Waals surface area (Å²) >= 11 is 2.79. The number of aromatic nitrogens is 2. The predicted molar refractivity (Wildman–Crippen MR) is 95.0 cm³/mol. The van der Waals surface area contributed by atoms with Crippen LogP contribution in [0, 0.1) is 0 Å². The van der Waals surface area contributed by atoms with Crippen LogP contribution in [0.15, 0.2) is 39.3 Å². The van der Waals surface area contributed by atoms with Crippen molar-refractivity contribution in [3.05, 3.63) is 56.1 Å². The molecule has 0 radical (unpaired) electrons. The molecule has 0 saturated heterocycles. The maximum absolute atomic E-state index is 11.8. The molecule has 3 aromatic rings. The Morgan fingerprint density at radius 1 is 1.32 bits per heavy atom. The van der Waals surface area contributed by atoms with E-state index in [0.29, 0.717) is 29.2 Å². The number of nitrogens with one attached hydrogen (secondary N) is 1. The summed E-state index contributed by atoms with van der Waals surface area (Å²) in [5.74, 6) is -0.540. The van der Waals surface area contributed by atoms with Gasteiger partial charge in [0.2, 0.25) is 0 Å². The van der Waals surface area contributed by atoms with Crippen molar-refractivity contribution >= 4 is 39.5 Å². The number of carbonyl (C=O) groups excluding carboxylic acids is 2. The Labute approximate surface area is 150 Å². The molecule has 3 rings (SSSR count). The molecule has 0 aliphatic heterocycles. The van der Waals surface area contributed by atoms with Crippen molar-refractivity contribution in [3.8, 4) is 0 Å². The molecule has 3 aromatic heterocycles. The third-order valence-electron chi connectivity index (χ3n) is 3.36. The number of thiophene rings is 1. The summed E-state index contributed by atoms with van der Waals surface area (Å²) in [4.78, 5) is 40.1. The van der Waals surface area contributed by atoms with Crippen LogP contribution in [-0.4, -0.2) is 27.8 Å². The van der Waals surface area contributed by atoms with Crippen LogP contribution in [0.2, 0.25) is 0 Å². The minimum absolute atomic E-state index is 0.0380. The van der Waals surface area contributed by atoms with Gasteiger partial charge in [-0.05, 0) is 17.9 Å². The summed E-state index contributed by atoms with van der Waals surface area (Å²) in [6, 6.07) is 3.10. The molecule has 0 saturated carbocycles. The zero-order chi connectivity index (χ0) is 17.6. The molecule has 3 heterocycles. The van der Waals surface area contributed by atoms with E-state index in [1.54, 1.807) is 23.0 Å². The van der Waals surface area contributed by atoms with Crippen LogP contribution in [0.5, 0.6) is 0 Å². The van der Waals surface area contributed by atoms with E-state index in [2.05, 4.69) is 10.3 Å². The standard InChI is InChI=1S/C16H15N3O4S2/c20-13-8-12(18-16-19(13)5-7-25-16)9-23-14(21)2-1-4-17-15(22)11-3-6-24-10-11/h3,5-8,10H,1-2,4,9H2,(H,17,22). The van der Waals surface area contributed by atoms with Crippen LogP contribution in [0.3, 0.4) is 0 Å².